The van der Waals surface area contributed by atoms with Crippen molar-refractivity contribution in [3.63, 3.8) is 0 Å². The van der Waals surface area contributed by atoms with Crippen LogP contribution in [0.4, 0.5) is 0 Å². The SMILES string of the molecule is CC1CCC(CNC2(CCO)CCC2)CC1. The summed E-state index contributed by atoms with van der Waals surface area (Å²) in [6.07, 6.45) is 10.5. The van der Waals surface area contributed by atoms with Crippen LogP contribution in [0.3, 0.4) is 0 Å². The van der Waals surface area contributed by atoms with Gasteiger partial charge in [-0.1, -0.05) is 19.8 Å². The van der Waals surface area contributed by atoms with Crippen molar-refractivity contribution >= 4 is 0 Å². The fourth-order valence-electron chi connectivity index (χ4n) is 3.23. The van der Waals surface area contributed by atoms with E-state index in [1.807, 2.05) is 0 Å². The van der Waals surface area contributed by atoms with Gasteiger partial charge >= 0.3 is 0 Å². The van der Waals surface area contributed by atoms with Crippen molar-refractivity contribution < 1.29 is 5.11 Å². The summed E-state index contributed by atoms with van der Waals surface area (Å²) in [5.41, 5.74) is 0.317. The number of aliphatic hydroxyl groups excluding tert-OH is 1. The fourth-order valence-corrected chi connectivity index (χ4v) is 3.23. The van der Waals surface area contributed by atoms with Crippen LogP contribution in [0, 0.1) is 11.8 Å². The summed E-state index contributed by atoms with van der Waals surface area (Å²) >= 11 is 0. The first-order valence-corrected chi connectivity index (χ1v) is 7.10. The summed E-state index contributed by atoms with van der Waals surface area (Å²) < 4.78 is 0. The molecule has 0 amide bonds. The lowest BCUT2D eigenvalue weighted by Crippen LogP contribution is -2.53. The molecule has 0 aromatic carbocycles. The number of hydrogen-bond donors (Lipinski definition) is 2. The van der Waals surface area contributed by atoms with Gasteiger partial charge in [-0.05, 0) is 56.9 Å². The summed E-state index contributed by atoms with van der Waals surface area (Å²) in [5.74, 6) is 1.85. The van der Waals surface area contributed by atoms with Gasteiger partial charge in [0.1, 0.15) is 0 Å². The molecule has 2 aliphatic rings. The Balaban J connectivity index is 1.70. The van der Waals surface area contributed by atoms with Crippen molar-refractivity contribution in [2.75, 3.05) is 13.2 Å². The molecule has 0 aromatic heterocycles. The molecule has 2 N–H and O–H groups in total. The van der Waals surface area contributed by atoms with Crippen molar-refractivity contribution in [3.05, 3.63) is 0 Å². The van der Waals surface area contributed by atoms with Crippen LogP contribution in [0.2, 0.25) is 0 Å². The Morgan fingerprint density at radius 3 is 2.38 bits per heavy atom. The van der Waals surface area contributed by atoms with Gasteiger partial charge in [-0.2, -0.15) is 0 Å². The number of rotatable bonds is 5. The number of nitrogens with one attached hydrogen (secondary N) is 1. The highest BCUT2D eigenvalue weighted by Crippen LogP contribution is 2.35. The summed E-state index contributed by atoms with van der Waals surface area (Å²) in [6.45, 7) is 3.91. The highest BCUT2D eigenvalue weighted by Gasteiger charge is 2.36. The lowest BCUT2D eigenvalue weighted by atomic mass is 9.74. The highest BCUT2D eigenvalue weighted by molar-refractivity contribution is 4.96. The maximum absolute atomic E-state index is 9.10. The molecule has 0 aliphatic heterocycles. The van der Waals surface area contributed by atoms with Crippen LogP contribution in [0.5, 0.6) is 0 Å². The Hall–Kier alpha value is -0.0800. The van der Waals surface area contributed by atoms with Gasteiger partial charge in [0.05, 0.1) is 0 Å². The topological polar surface area (TPSA) is 32.3 Å². The molecule has 0 heterocycles. The van der Waals surface area contributed by atoms with Crippen molar-refractivity contribution in [2.45, 2.75) is 63.8 Å². The second-order valence-electron chi connectivity index (χ2n) is 6.11. The van der Waals surface area contributed by atoms with Crippen LogP contribution in [0.1, 0.15) is 58.3 Å². The maximum atomic E-state index is 9.10. The Kier molecular flexibility index (Phi) is 4.26. The standard InChI is InChI=1S/C14H27NO/c1-12-3-5-13(6-4-12)11-15-14(9-10-16)7-2-8-14/h12-13,15-16H,2-11H2,1H3. The van der Waals surface area contributed by atoms with Crippen molar-refractivity contribution in [1.82, 2.24) is 5.32 Å². The van der Waals surface area contributed by atoms with Crippen LogP contribution < -0.4 is 5.32 Å². The van der Waals surface area contributed by atoms with E-state index in [1.165, 1.54) is 51.5 Å². The molecule has 2 aliphatic carbocycles. The van der Waals surface area contributed by atoms with Crippen LogP contribution >= 0.6 is 0 Å². The fraction of sp³-hybridized carbons (Fsp3) is 1.00. The minimum absolute atomic E-state index is 0.317. The summed E-state index contributed by atoms with van der Waals surface area (Å²) in [4.78, 5) is 0. The van der Waals surface area contributed by atoms with Gasteiger partial charge in [0.15, 0.2) is 0 Å². The van der Waals surface area contributed by atoms with E-state index < -0.39 is 0 Å². The third kappa shape index (κ3) is 2.98. The molecule has 0 radical (unpaired) electrons. The van der Waals surface area contributed by atoms with Gasteiger partial charge in [-0.15, -0.1) is 0 Å². The van der Waals surface area contributed by atoms with E-state index in [1.54, 1.807) is 0 Å². The van der Waals surface area contributed by atoms with E-state index >= 15 is 0 Å². The average Bonchev–Trinajstić information content (AvgIpc) is 2.24. The van der Waals surface area contributed by atoms with Gasteiger partial charge in [0, 0.05) is 12.1 Å². The second kappa shape index (κ2) is 5.50. The third-order valence-corrected chi connectivity index (χ3v) is 4.80. The smallest absolute Gasteiger partial charge is 0.0448 e. The van der Waals surface area contributed by atoms with Crippen molar-refractivity contribution in [1.29, 1.82) is 0 Å². The van der Waals surface area contributed by atoms with E-state index in [4.69, 9.17) is 5.11 Å². The quantitative estimate of drug-likeness (QED) is 0.754. The van der Waals surface area contributed by atoms with Crippen molar-refractivity contribution in [3.8, 4) is 0 Å². The molecular weight excluding hydrogens is 198 g/mol. The monoisotopic (exact) mass is 225 g/mol. The molecule has 2 fully saturated rings. The lowest BCUT2D eigenvalue weighted by molar-refractivity contribution is 0.120. The zero-order valence-electron chi connectivity index (χ0n) is 10.7. The predicted molar refractivity (Wildman–Crippen MR) is 67.4 cm³/mol. The third-order valence-electron chi connectivity index (χ3n) is 4.80. The molecule has 0 saturated heterocycles. The molecule has 16 heavy (non-hydrogen) atoms. The normalized spacial score (nSPS) is 33.4. The van der Waals surface area contributed by atoms with Crippen LogP contribution in [-0.2, 0) is 0 Å². The molecule has 0 unspecified atom stereocenters. The van der Waals surface area contributed by atoms with E-state index in [0.29, 0.717) is 12.1 Å². The van der Waals surface area contributed by atoms with Gasteiger partial charge in [-0.25, -0.2) is 0 Å². The summed E-state index contributed by atoms with van der Waals surface area (Å²) in [6, 6.07) is 0. The largest absolute Gasteiger partial charge is 0.396 e. The van der Waals surface area contributed by atoms with Crippen molar-refractivity contribution in [2.24, 2.45) is 11.8 Å². The second-order valence-corrected chi connectivity index (χ2v) is 6.11. The molecule has 0 atom stereocenters. The molecule has 94 valence electrons. The predicted octanol–water partition coefficient (Wildman–Crippen LogP) is 2.71. The molecule has 0 aromatic rings. The number of hydrogen-bond acceptors (Lipinski definition) is 2. The summed E-state index contributed by atoms with van der Waals surface area (Å²) in [5, 5.41) is 12.9. The molecule has 2 saturated carbocycles. The minimum atomic E-state index is 0.317. The van der Waals surface area contributed by atoms with Gasteiger partial charge in [0.2, 0.25) is 0 Å². The van der Waals surface area contributed by atoms with Crippen LogP contribution in [0.15, 0.2) is 0 Å². The van der Waals surface area contributed by atoms with Crippen LogP contribution in [-0.4, -0.2) is 23.8 Å². The van der Waals surface area contributed by atoms with E-state index in [-0.39, 0.29) is 0 Å². The van der Waals surface area contributed by atoms with E-state index in [2.05, 4.69) is 12.2 Å². The van der Waals surface area contributed by atoms with Gasteiger partial charge in [-0.3, -0.25) is 0 Å². The molecule has 2 heteroatoms. The molecule has 2 rings (SSSR count). The minimum Gasteiger partial charge on any atom is -0.396 e. The van der Waals surface area contributed by atoms with Gasteiger partial charge < -0.3 is 10.4 Å². The summed E-state index contributed by atoms with van der Waals surface area (Å²) in [7, 11) is 0. The Morgan fingerprint density at radius 1 is 1.19 bits per heavy atom. The highest BCUT2D eigenvalue weighted by atomic mass is 16.3. The Morgan fingerprint density at radius 2 is 1.88 bits per heavy atom. The lowest BCUT2D eigenvalue weighted by Gasteiger charge is -2.44. The first-order chi connectivity index (χ1) is 7.74. The number of aliphatic hydroxyl groups is 1. The molecule has 0 spiro atoms. The van der Waals surface area contributed by atoms with Gasteiger partial charge in [0.25, 0.3) is 0 Å². The average molecular weight is 225 g/mol. The molecule has 2 nitrogen and oxygen atoms in total. The maximum Gasteiger partial charge on any atom is 0.0448 e. The zero-order chi connectivity index (χ0) is 11.4. The van der Waals surface area contributed by atoms with E-state index in [9.17, 15) is 0 Å². The Bertz CT molecular complexity index is 205. The molecule has 0 bridgehead atoms. The first-order valence-electron chi connectivity index (χ1n) is 7.10. The molecular formula is C14H27NO. The van der Waals surface area contributed by atoms with E-state index in [0.717, 1.165) is 18.3 Å². The first kappa shape index (κ1) is 12.4. The van der Waals surface area contributed by atoms with Crippen LogP contribution in [0.25, 0.3) is 0 Å². The Labute approximate surface area is 99.8 Å². The zero-order valence-corrected chi connectivity index (χ0v) is 10.7.